The molecule has 0 aliphatic heterocycles. The van der Waals surface area contributed by atoms with Gasteiger partial charge >= 0.3 is 0 Å². The molecule has 0 spiro atoms. The number of furan rings is 1. The maximum atomic E-state index is 13.1. The quantitative estimate of drug-likeness (QED) is 0.539. The maximum Gasteiger partial charge on any atom is 0.290 e. The number of nitrogens with zero attached hydrogens (tertiary/aromatic N) is 1. The average molecular weight is 432 g/mol. The summed E-state index contributed by atoms with van der Waals surface area (Å²) in [5, 5.41) is 0.940. The van der Waals surface area contributed by atoms with Crippen LogP contribution in [0, 0.1) is 6.92 Å². The number of halogens is 1. The number of fused-ring (bicyclic) bond motifs is 1. The molecule has 0 aliphatic carbocycles. The Kier molecular flexibility index (Phi) is 5.75. The monoisotopic (exact) mass is 431 g/mol. The first-order chi connectivity index (χ1) is 13.0. The van der Waals surface area contributed by atoms with Crippen LogP contribution in [0.3, 0.4) is 0 Å². The predicted octanol–water partition coefficient (Wildman–Crippen LogP) is 5.18. The van der Waals surface area contributed by atoms with E-state index >= 15 is 0 Å². The summed E-state index contributed by atoms with van der Waals surface area (Å²) < 4.78 is 17.4. The van der Waals surface area contributed by atoms with Gasteiger partial charge in [-0.1, -0.05) is 22.0 Å². The zero-order valence-corrected chi connectivity index (χ0v) is 17.4. The van der Waals surface area contributed by atoms with Crippen LogP contribution in [0.4, 0.5) is 0 Å². The summed E-state index contributed by atoms with van der Waals surface area (Å²) in [5.41, 5.74) is 2.52. The molecule has 0 saturated carbocycles. The summed E-state index contributed by atoms with van der Waals surface area (Å²) in [6, 6.07) is 11.4. The third kappa shape index (κ3) is 3.81. The second kappa shape index (κ2) is 8.05. The molecule has 0 saturated heterocycles. The molecule has 0 unspecified atom stereocenters. The smallest absolute Gasteiger partial charge is 0.290 e. The number of hydrogen-bond donors (Lipinski definition) is 0. The van der Waals surface area contributed by atoms with Crippen LogP contribution < -0.4 is 9.47 Å². The number of amides is 1. The molecule has 0 N–H and O–H groups in total. The number of carbonyl (C=O) groups is 1. The first-order valence-electron chi connectivity index (χ1n) is 8.67. The fraction of sp³-hybridized carbons (Fsp3) is 0.286. The second-order valence-electron chi connectivity index (χ2n) is 6.21. The molecule has 0 radical (unpaired) electrons. The van der Waals surface area contributed by atoms with Gasteiger partial charge in [0, 0.05) is 28.5 Å². The molecule has 3 aromatic rings. The minimum absolute atomic E-state index is 0.128. The van der Waals surface area contributed by atoms with Crippen LogP contribution in [0.5, 0.6) is 11.5 Å². The molecule has 0 bridgehead atoms. The molecule has 3 rings (SSSR count). The number of methoxy groups -OCH3 is 2. The highest BCUT2D eigenvalue weighted by Crippen LogP contribution is 2.30. The summed E-state index contributed by atoms with van der Waals surface area (Å²) in [4.78, 5) is 14.8. The van der Waals surface area contributed by atoms with Crippen molar-refractivity contribution in [3.05, 3.63) is 57.8 Å². The Labute approximate surface area is 167 Å². The Morgan fingerprint density at radius 1 is 1.11 bits per heavy atom. The minimum atomic E-state index is -0.128. The van der Waals surface area contributed by atoms with Gasteiger partial charge in [0.25, 0.3) is 5.91 Å². The van der Waals surface area contributed by atoms with Crippen LogP contribution in [0.2, 0.25) is 0 Å². The summed E-state index contributed by atoms with van der Waals surface area (Å²) in [6.07, 6.45) is 0. The van der Waals surface area contributed by atoms with Crippen molar-refractivity contribution in [2.75, 3.05) is 20.8 Å². The van der Waals surface area contributed by atoms with Gasteiger partial charge in [0.2, 0.25) is 0 Å². The van der Waals surface area contributed by atoms with Gasteiger partial charge in [-0.15, -0.1) is 0 Å². The van der Waals surface area contributed by atoms with Gasteiger partial charge in [0.1, 0.15) is 5.58 Å². The van der Waals surface area contributed by atoms with E-state index in [4.69, 9.17) is 13.9 Å². The molecular formula is C21H22BrNO4. The molecule has 1 heterocycles. The molecule has 0 fully saturated rings. The second-order valence-corrected chi connectivity index (χ2v) is 7.12. The number of rotatable bonds is 6. The Morgan fingerprint density at radius 3 is 2.52 bits per heavy atom. The Morgan fingerprint density at radius 2 is 1.85 bits per heavy atom. The van der Waals surface area contributed by atoms with E-state index < -0.39 is 0 Å². The van der Waals surface area contributed by atoms with Gasteiger partial charge in [-0.2, -0.15) is 0 Å². The molecule has 142 valence electrons. The number of ether oxygens (including phenoxy) is 2. The molecular weight excluding hydrogens is 410 g/mol. The van der Waals surface area contributed by atoms with Crippen LogP contribution in [-0.2, 0) is 6.54 Å². The lowest BCUT2D eigenvalue weighted by atomic mass is 10.1. The van der Waals surface area contributed by atoms with Crippen molar-refractivity contribution in [1.29, 1.82) is 0 Å². The Hall–Kier alpha value is -2.47. The Bertz CT molecular complexity index is 980. The third-order valence-electron chi connectivity index (χ3n) is 4.58. The summed E-state index contributed by atoms with van der Waals surface area (Å²) >= 11 is 3.47. The van der Waals surface area contributed by atoms with Crippen molar-refractivity contribution < 1.29 is 18.7 Å². The SMILES string of the molecule is CCN(Cc1ccc(OC)c(OC)c1)C(=O)c1oc2ccc(Br)cc2c1C. The van der Waals surface area contributed by atoms with Crippen molar-refractivity contribution in [2.24, 2.45) is 0 Å². The summed E-state index contributed by atoms with van der Waals surface area (Å²) in [7, 11) is 3.20. The van der Waals surface area contributed by atoms with E-state index in [0.717, 1.165) is 21.0 Å². The lowest BCUT2D eigenvalue weighted by Crippen LogP contribution is -2.30. The Balaban J connectivity index is 1.90. The highest BCUT2D eigenvalue weighted by atomic mass is 79.9. The zero-order chi connectivity index (χ0) is 19.6. The van der Waals surface area contributed by atoms with Gasteiger partial charge < -0.3 is 18.8 Å². The van der Waals surface area contributed by atoms with E-state index in [1.807, 2.05) is 50.2 Å². The summed E-state index contributed by atoms with van der Waals surface area (Å²) in [6.45, 7) is 4.88. The van der Waals surface area contributed by atoms with Crippen molar-refractivity contribution >= 4 is 32.8 Å². The number of carbonyl (C=O) groups excluding carboxylic acids is 1. The van der Waals surface area contributed by atoms with Crippen LogP contribution in [0.25, 0.3) is 11.0 Å². The van der Waals surface area contributed by atoms with E-state index in [2.05, 4.69) is 15.9 Å². The number of hydrogen-bond acceptors (Lipinski definition) is 4. The zero-order valence-electron chi connectivity index (χ0n) is 15.8. The van der Waals surface area contributed by atoms with Crippen molar-refractivity contribution in [2.45, 2.75) is 20.4 Å². The molecule has 0 aliphatic rings. The van der Waals surface area contributed by atoms with Gasteiger partial charge in [0.15, 0.2) is 17.3 Å². The number of benzene rings is 2. The van der Waals surface area contributed by atoms with E-state index in [-0.39, 0.29) is 5.91 Å². The fourth-order valence-electron chi connectivity index (χ4n) is 3.07. The van der Waals surface area contributed by atoms with E-state index in [1.165, 1.54) is 0 Å². The van der Waals surface area contributed by atoms with Crippen molar-refractivity contribution in [3.63, 3.8) is 0 Å². The standard InChI is InChI=1S/C21H22BrNO4/c1-5-23(12-14-6-8-18(25-3)19(10-14)26-4)21(24)20-13(2)16-11-15(22)7-9-17(16)27-20/h6-11H,5,12H2,1-4H3. The van der Waals surface area contributed by atoms with E-state index in [1.54, 1.807) is 19.1 Å². The average Bonchev–Trinajstić information content (AvgIpc) is 3.01. The van der Waals surface area contributed by atoms with Gasteiger partial charge in [-0.3, -0.25) is 4.79 Å². The third-order valence-corrected chi connectivity index (χ3v) is 5.08. The molecule has 0 atom stereocenters. The first kappa shape index (κ1) is 19.3. The lowest BCUT2D eigenvalue weighted by molar-refractivity contribution is 0.0721. The van der Waals surface area contributed by atoms with E-state index in [0.29, 0.717) is 35.9 Å². The molecule has 5 nitrogen and oxygen atoms in total. The predicted molar refractivity (Wildman–Crippen MR) is 109 cm³/mol. The van der Waals surface area contributed by atoms with Crippen molar-refractivity contribution in [1.82, 2.24) is 4.90 Å². The maximum absolute atomic E-state index is 13.1. The number of aryl methyl sites for hydroxylation is 1. The minimum Gasteiger partial charge on any atom is -0.493 e. The van der Waals surface area contributed by atoms with Crippen LogP contribution in [0.1, 0.15) is 28.6 Å². The molecule has 6 heteroatoms. The highest BCUT2D eigenvalue weighted by molar-refractivity contribution is 9.10. The van der Waals surface area contributed by atoms with Crippen LogP contribution in [-0.4, -0.2) is 31.6 Å². The first-order valence-corrected chi connectivity index (χ1v) is 9.46. The molecule has 1 amide bonds. The molecule has 27 heavy (non-hydrogen) atoms. The van der Waals surface area contributed by atoms with Gasteiger partial charge in [0.05, 0.1) is 14.2 Å². The van der Waals surface area contributed by atoms with Gasteiger partial charge in [-0.05, 0) is 49.7 Å². The van der Waals surface area contributed by atoms with Crippen molar-refractivity contribution in [3.8, 4) is 11.5 Å². The molecule has 1 aromatic heterocycles. The fourth-order valence-corrected chi connectivity index (χ4v) is 3.43. The van der Waals surface area contributed by atoms with Crippen LogP contribution >= 0.6 is 15.9 Å². The van der Waals surface area contributed by atoms with E-state index in [9.17, 15) is 4.79 Å². The largest absolute Gasteiger partial charge is 0.493 e. The topological polar surface area (TPSA) is 51.9 Å². The van der Waals surface area contributed by atoms with Crippen LogP contribution in [0.15, 0.2) is 45.3 Å². The van der Waals surface area contributed by atoms with Gasteiger partial charge in [-0.25, -0.2) is 0 Å². The summed E-state index contributed by atoms with van der Waals surface area (Å²) in [5.74, 6) is 1.56. The lowest BCUT2D eigenvalue weighted by Gasteiger charge is -2.21. The highest BCUT2D eigenvalue weighted by Gasteiger charge is 2.23. The molecule has 2 aromatic carbocycles. The normalized spacial score (nSPS) is 10.9.